The number of carbonyl (C=O) groups excluding carboxylic acids is 1. The minimum Gasteiger partial charge on any atom is -0.387 e. The molecule has 5 heteroatoms. The lowest BCUT2D eigenvalue weighted by molar-refractivity contribution is -0.123. The van der Waals surface area contributed by atoms with Gasteiger partial charge in [-0.3, -0.25) is 9.69 Å². The van der Waals surface area contributed by atoms with Crippen molar-refractivity contribution in [3.05, 3.63) is 35.6 Å². The molecule has 0 radical (unpaired) electrons. The van der Waals surface area contributed by atoms with E-state index < -0.39 is 11.9 Å². The van der Waals surface area contributed by atoms with Gasteiger partial charge in [0.05, 0.1) is 12.6 Å². The molecule has 1 atom stereocenters. The highest BCUT2D eigenvalue weighted by Crippen LogP contribution is 2.17. The molecule has 0 aliphatic rings. The molecule has 0 saturated carbocycles. The van der Waals surface area contributed by atoms with Crippen LogP contribution < -0.4 is 5.32 Å². The number of aliphatic hydroxyl groups is 1. The maximum atomic E-state index is 13.6. The van der Waals surface area contributed by atoms with Crippen molar-refractivity contribution in [3.63, 3.8) is 0 Å². The lowest BCUT2D eigenvalue weighted by Crippen LogP contribution is -2.46. The Morgan fingerprint density at radius 2 is 2.00 bits per heavy atom. The number of hydrogen-bond acceptors (Lipinski definition) is 3. The van der Waals surface area contributed by atoms with E-state index >= 15 is 0 Å². The van der Waals surface area contributed by atoms with Crippen LogP contribution in [0.5, 0.6) is 0 Å². The molecule has 21 heavy (non-hydrogen) atoms. The Bertz CT molecular complexity index is 472. The van der Waals surface area contributed by atoms with E-state index in [-0.39, 0.29) is 30.1 Å². The van der Waals surface area contributed by atoms with Crippen molar-refractivity contribution in [1.82, 2.24) is 10.2 Å². The van der Waals surface area contributed by atoms with Crippen LogP contribution in [0.1, 0.15) is 39.4 Å². The summed E-state index contributed by atoms with van der Waals surface area (Å²) in [5.41, 5.74) is -0.0344. The first kappa shape index (κ1) is 17.6. The lowest BCUT2D eigenvalue weighted by Gasteiger charge is -2.26. The SMILES string of the molecule is CCN(CC(=O)NC(C)(C)C)CC(O)c1ccccc1F. The Labute approximate surface area is 126 Å². The summed E-state index contributed by atoms with van der Waals surface area (Å²) in [4.78, 5) is 13.7. The molecule has 0 aromatic heterocycles. The molecule has 0 fully saturated rings. The molecule has 1 aromatic carbocycles. The van der Waals surface area contributed by atoms with Crippen molar-refractivity contribution < 1.29 is 14.3 Å². The molecule has 0 heterocycles. The topological polar surface area (TPSA) is 52.6 Å². The van der Waals surface area contributed by atoms with E-state index in [0.29, 0.717) is 6.54 Å². The molecule has 1 rings (SSSR count). The number of aliphatic hydroxyl groups excluding tert-OH is 1. The summed E-state index contributed by atoms with van der Waals surface area (Å²) in [7, 11) is 0. The summed E-state index contributed by atoms with van der Waals surface area (Å²) < 4.78 is 13.6. The number of nitrogens with zero attached hydrogens (tertiary/aromatic N) is 1. The zero-order valence-corrected chi connectivity index (χ0v) is 13.2. The zero-order chi connectivity index (χ0) is 16.0. The van der Waals surface area contributed by atoms with E-state index in [2.05, 4.69) is 5.32 Å². The van der Waals surface area contributed by atoms with E-state index in [9.17, 15) is 14.3 Å². The second kappa shape index (κ2) is 7.52. The number of rotatable bonds is 6. The molecule has 118 valence electrons. The van der Waals surface area contributed by atoms with Crippen molar-refractivity contribution in [2.24, 2.45) is 0 Å². The summed E-state index contributed by atoms with van der Waals surface area (Å²) in [6.07, 6.45) is -0.950. The van der Waals surface area contributed by atoms with Crippen molar-refractivity contribution in [2.75, 3.05) is 19.6 Å². The minimum atomic E-state index is -0.950. The molecule has 1 aromatic rings. The number of halogens is 1. The summed E-state index contributed by atoms with van der Waals surface area (Å²) >= 11 is 0. The van der Waals surface area contributed by atoms with Gasteiger partial charge in [-0.2, -0.15) is 0 Å². The largest absolute Gasteiger partial charge is 0.387 e. The normalized spacial score (nSPS) is 13.3. The number of hydrogen-bond donors (Lipinski definition) is 2. The third-order valence-electron chi connectivity index (χ3n) is 3.02. The average molecular weight is 296 g/mol. The Morgan fingerprint density at radius 1 is 1.38 bits per heavy atom. The van der Waals surface area contributed by atoms with Gasteiger partial charge in [0, 0.05) is 17.6 Å². The predicted molar refractivity (Wildman–Crippen MR) is 81.4 cm³/mol. The lowest BCUT2D eigenvalue weighted by atomic mass is 10.1. The van der Waals surface area contributed by atoms with Crippen LogP contribution in [-0.4, -0.2) is 41.1 Å². The maximum absolute atomic E-state index is 13.6. The van der Waals surface area contributed by atoms with Gasteiger partial charge < -0.3 is 10.4 Å². The van der Waals surface area contributed by atoms with Crippen LogP contribution in [0, 0.1) is 5.82 Å². The Balaban J connectivity index is 2.62. The second-order valence-electron chi connectivity index (χ2n) is 6.16. The Morgan fingerprint density at radius 3 is 2.52 bits per heavy atom. The van der Waals surface area contributed by atoms with E-state index in [0.717, 1.165) is 0 Å². The fourth-order valence-electron chi connectivity index (χ4n) is 2.05. The molecule has 0 bridgehead atoms. The molecule has 1 amide bonds. The predicted octanol–water partition coefficient (Wildman–Crippen LogP) is 2.10. The Hall–Kier alpha value is -1.46. The van der Waals surface area contributed by atoms with E-state index in [4.69, 9.17) is 0 Å². The second-order valence-corrected chi connectivity index (χ2v) is 6.16. The zero-order valence-electron chi connectivity index (χ0n) is 13.2. The van der Waals surface area contributed by atoms with Crippen LogP contribution in [0.15, 0.2) is 24.3 Å². The van der Waals surface area contributed by atoms with Gasteiger partial charge in [0.15, 0.2) is 0 Å². The molecule has 4 nitrogen and oxygen atoms in total. The molecule has 0 saturated heterocycles. The van der Waals surface area contributed by atoms with Crippen LogP contribution in [0.25, 0.3) is 0 Å². The van der Waals surface area contributed by atoms with Gasteiger partial charge in [0.2, 0.25) is 5.91 Å². The standard InChI is InChI=1S/C16H25FN2O2/c1-5-19(11-15(21)18-16(2,3)4)10-14(20)12-8-6-7-9-13(12)17/h6-9,14,20H,5,10-11H2,1-4H3,(H,18,21). The van der Waals surface area contributed by atoms with Gasteiger partial charge in [-0.15, -0.1) is 0 Å². The number of benzene rings is 1. The molecule has 1 unspecified atom stereocenters. The molecular formula is C16H25FN2O2. The molecule has 0 aliphatic carbocycles. The van der Waals surface area contributed by atoms with Crippen molar-refractivity contribution in [2.45, 2.75) is 39.3 Å². The van der Waals surface area contributed by atoms with Gasteiger partial charge in [-0.1, -0.05) is 25.1 Å². The van der Waals surface area contributed by atoms with E-state index in [1.807, 2.05) is 27.7 Å². The minimum absolute atomic E-state index is 0.106. The van der Waals surface area contributed by atoms with Crippen molar-refractivity contribution >= 4 is 5.91 Å². The summed E-state index contributed by atoms with van der Waals surface area (Å²) in [5.74, 6) is -0.537. The van der Waals surface area contributed by atoms with Crippen LogP contribution >= 0.6 is 0 Å². The van der Waals surface area contributed by atoms with E-state index in [1.165, 1.54) is 6.07 Å². The van der Waals surface area contributed by atoms with Crippen LogP contribution in [-0.2, 0) is 4.79 Å². The van der Waals surface area contributed by atoms with Gasteiger partial charge in [0.25, 0.3) is 0 Å². The molecule has 2 N–H and O–H groups in total. The first-order valence-corrected chi connectivity index (χ1v) is 7.18. The number of carbonyl (C=O) groups is 1. The van der Waals surface area contributed by atoms with Gasteiger partial charge in [-0.25, -0.2) is 4.39 Å². The third kappa shape index (κ3) is 6.23. The first-order valence-electron chi connectivity index (χ1n) is 7.18. The van der Waals surface area contributed by atoms with E-state index in [1.54, 1.807) is 23.1 Å². The third-order valence-corrected chi connectivity index (χ3v) is 3.02. The van der Waals surface area contributed by atoms with Crippen LogP contribution in [0.2, 0.25) is 0 Å². The summed E-state index contributed by atoms with van der Waals surface area (Å²) in [6, 6.07) is 6.15. The fourth-order valence-corrected chi connectivity index (χ4v) is 2.05. The highest BCUT2D eigenvalue weighted by Gasteiger charge is 2.19. The number of likely N-dealkylation sites (N-methyl/N-ethyl adjacent to an activating group) is 1. The van der Waals surface area contributed by atoms with Crippen LogP contribution in [0.4, 0.5) is 4.39 Å². The van der Waals surface area contributed by atoms with Crippen LogP contribution in [0.3, 0.4) is 0 Å². The maximum Gasteiger partial charge on any atom is 0.234 e. The summed E-state index contributed by atoms with van der Waals surface area (Å²) in [6.45, 7) is 8.63. The molecule has 0 aliphatic heterocycles. The fraction of sp³-hybridized carbons (Fsp3) is 0.562. The highest BCUT2D eigenvalue weighted by molar-refractivity contribution is 5.78. The van der Waals surface area contributed by atoms with Gasteiger partial charge in [0.1, 0.15) is 5.82 Å². The molecular weight excluding hydrogens is 271 g/mol. The molecule has 0 spiro atoms. The summed E-state index contributed by atoms with van der Waals surface area (Å²) in [5, 5.41) is 13.0. The Kier molecular flexibility index (Phi) is 6.30. The monoisotopic (exact) mass is 296 g/mol. The van der Waals surface area contributed by atoms with Crippen molar-refractivity contribution in [3.8, 4) is 0 Å². The number of amides is 1. The van der Waals surface area contributed by atoms with Crippen molar-refractivity contribution in [1.29, 1.82) is 0 Å². The average Bonchev–Trinajstić information content (AvgIpc) is 2.36. The quantitative estimate of drug-likeness (QED) is 0.845. The first-order chi connectivity index (χ1) is 9.73. The van der Waals surface area contributed by atoms with Gasteiger partial charge in [-0.05, 0) is 33.4 Å². The highest BCUT2D eigenvalue weighted by atomic mass is 19.1. The number of nitrogens with one attached hydrogen (secondary N) is 1. The smallest absolute Gasteiger partial charge is 0.234 e. The van der Waals surface area contributed by atoms with Gasteiger partial charge >= 0.3 is 0 Å².